The third-order valence-corrected chi connectivity index (χ3v) is 8.23. The van der Waals surface area contributed by atoms with Crippen molar-refractivity contribution in [3.05, 3.63) is 157 Å². The van der Waals surface area contributed by atoms with Crippen LogP contribution < -0.4 is 0 Å². The molecule has 0 N–H and O–H groups in total. The Morgan fingerprint density at radius 2 is 0.750 bits per heavy atom. The van der Waals surface area contributed by atoms with Gasteiger partial charge in [0.15, 0.2) is 0 Å². The summed E-state index contributed by atoms with van der Waals surface area (Å²) in [5.74, 6) is 0. The number of hydrogen-bond acceptors (Lipinski definition) is 3. The number of nitrogens with zero attached hydrogens (tertiary/aromatic N) is 3. The van der Waals surface area contributed by atoms with E-state index in [2.05, 4.69) is 148 Å². The normalized spacial score (nSPS) is 12.1. The van der Waals surface area contributed by atoms with Crippen LogP contribution in [0.2, 0.25) is 0 Å². The molecule has 0 aliphatic carbocycles. The van der Waals surface area contributed by atoms with Crippen molar-refractivity contribution in [3.63, 3.8) is 0 Å². The summed E-state index contributed by atoms with van der Waals surface area (Å²) in [6.45, 7) is 21.4. The molecule has 0 amide bonds. The lowest BCUT2D eigenvalue weighted by Gasteiger charge is -2.16. The molecule has 3 heteroatoms. The van der Waals surface area contributed by atoms with Gasteiger partial charge in [-0.1, -0.05) is 89.0 Å². The van der Waals surface area contributed by atoms with Crippen LogP contribution in [0.3, 0.4) is 0 Å². The minimum Gasteiger partial charge on any atom is -0.246 e. The van der Waals surface area contributed by atoms with Gasteiger partial charge in [0.1, 0.15) is 0 Å². The maximum atomic E-state index is 5.37. The van der Waals surface area contributed by atoms with Gasteiger partial charge >= 0.3 is 0 Å². The zero-order chi connectivity index (χ0) is 31.7. The first-order chi connectivity index (χ1) is 20.9. The molecule has 222 valence electrons. The second-order valence-electron chi connectivity index (χ2n) is 12.5. The van der Waals surface area contributed by atoms with Crippen LogP contribution in [0.15, 0.2) is 88.8 Å². The van der Waals surface area contributed by atoms with E-state index >= 15 is 0 Å². The molecule has 5 aromatic rings. The van der Waals surface area contributed by atoms with Gasteiger partial charge in [-0.15, -0.1) is 0 Å². The highest BCUT2D eigenvalue weighted by atomic mass is 14.9. The van der Waals surface area contributed by atoms with Crippen molar-refractivity contribution in [3.8, 4) is 0 Å². The Morgan fingerprint density at radius 3 is 1.09 bits per heavy atom. The lowest BCUT2D eigenvalue weighted by molar-refractivity contribution is 1.22. The first kappa shape index (κ1) is 30.8. The summed E-state index contributed by atoms with van der Waals surface area (Å²) >= 11 is 0. The molecule has 0 spiro atoms. The van der Waals surface area contributed by atoms with Crippen LogP contribution in [0.25, 0.3) is 0 Å². The van der Waals surface area contributed by atoms with E-state index in [1.165, 1.54) is 33.4 Å². The average Bonchev–Trinajstić information content (AvgIpc) is 2.93. The second-order valence-corrected chi connectivity index (χ2v) is 12.5. The van der Waals surface area contributed by atoms with E-state index in [1.807, 2.05) is 0 Å². The highest BCUT2D eigenvalue weighted by Crippen LogP contribution is 2.30. The van der Waals surface area contributed by atoms with E-state index in [0.717, 1.165) is 67.6 Å². The fourth-order valence-corrected chi connectivity index (χ4v) is 6.29. The molecule has 0 unspecified atom stereocenters. The summed E-state index contributed by atoms with van der Waals surface area (Å²) in [6.07, 6.45) is 0. The Morgan fingerprint density at radius 1 is 0.409 bits per heavy atom. The van der Waals surface area contributed by atoms with Gasteiger partial charge in [-0.25, -0.2) is 15.0 Å². The van der Waals surface area contributed by atoms with Crippen LogP contribution in [0.1, 0.15) is 78.1 Å². The van der Waals surface area contributed by atoms with Gasteiger partial charge < -0.3 is 0 Å². The van der Waals surface area contributed by atoms with Crippen LogP contribution in [0.4, 0.5) is 11.4 Å². The van der Waals surface area contributed by atoms with E-state index in [-0.39, 0.29) is 0 Å². The monoisotopic (exact) mass is 577 g/mol. The number of pyridine rings is 1. The summed E-state index contributed by atoms with van der Waals surface area (Å²) < 4.78 is 0. The Kier molecular flexibility index (Phi) is 8.78. The predicted molar refractivity (Wildman–Crippen MR) is 188 cm³/mol. The fourth-order valence-electron chi connectivity index (χ4n) is 6.29. The molecule has 4 aromatic carbocycles. The number of aliphatic imine (C=N–C) groups is 2. The van der Waals surface area contributed by atoms with Gasteiger partial charge in [0.25, 0.3) is 0 Å². The number of aryl methyl sites for hydroxylation is 10. The van der Waals surface area contributed by atoms with Crippen molar-refractivity contribution in [2.45, 2.75) is 69.2 Å². The minimum atomic E-state index is 0.823. The van der Waals surface area contributed by atoms with Crippen LogP contribution in [-0.4, -0.2) is 16.4 Å². The molecule has 3 nitrogen and oxygen atoms in total. The van der Waals surface area contributed by atoms with Gasteiger partial charge in [0.05, 0.1) is 34.2 Å². The maximum absolute atomic E-state index is 5.37. The van der Waals surface area contributed by atoms with Gasteiger partial charge in [-0.05, 0) is 115 Å². The molecule has 1 aromatic heterocycles. The average molecular weight is 578 g/mol. The van der Waals surface area contributed by atoms with Crippen molar-refractivity contribution in [2.75, 3.05) is 0 Å². The molecular formula is C41H43N3. The SMILES string of the molecule is Cc1ccc(C(=Nc2c(C)cc(C)cc2C)c2cccc(C(=Nc3c(C)cc(C)cc3C)c3ccc(C)cc3C)n2)c(C)c1. The molecule has 0 bridgehead atoms. The highest BCUT2D eigenvalue weighted by Gasteiger charge is 2.18. The van der Waals surface area contributed by atoms with Crippen molar-refractivity contribution in [1.29, 1.82) is 0 Å². The Balaban J connectivity index is 1.78. The zero-order valence-corrected chi connectivity index (χ0v) is 27.8. The summed E-state index contributed by atoms with van der Waals surface area (Å²) in [5.41, 5.74) is 19.4. The summed E-state index contributed by atoms with van der Waals surface area (Å²) in [5, 5.41) is 0. The van der Waals surface area contributed by atoms with Crippen LogP contribution in [-0.2, 0) is 0 Å². The topological polar surface area (TPSA) is 37.6 Å². The molecule has 0 aliphatic heterocycles. The van der Waals surface area contributed by atoms with E-state index in [9.17, 15) is 0 Å². The van der Waals surface area contributed by atoms with E-state index in [4.69, 9.17) is 15.0 Å². The second kappa shape index (κ2) is 12.5. The lowest BCUT2D eigenvalue weighted by Crippen LogP contribution is -2.14. The summed E-state index contributed by atoms with van der Waals surface area (Å²) in [7, 11) is 0. The fraction of sp³-hybridized carbons (Fsp3) is 0.244. The highest BCUT2D eigenvalue weighted by molar-refractivity contribution is 6.16. The largest absolute Gasteiger partial charge is 0.246 e. The Hall–Kier alpha value is -4.63. The molecule has 44 heavy (non-hydrogen) atoms. The number of rotatable bonds is 6. The van der Waals surface area contributed by atoms with Crippen molar-refractivity contribution in [1.82, 2.24) is 4.98 Å². The summed E-state index contributed by atoms with van der Waals surface area (Å²) in [4.78, 5) is 16.1. The van der Waals surface area contributed by atoms with Crippen molar-refractivity contribution in [2.24, 2.45) is 9.98 Å². The molecular weight excluding hydrogens is 534 g/mol. The standard InChI is InChI=1S/C41H43N3/c1-24-14-16-34(28(5)18-24)40(43-38-30(7)20-26(3)21-31(38)8)36-12-11-13-37(42-36)41(35-17-15-25(2)19-29(35)6)44-39-32(9)22-27(4)23-33(39)10/h11-23H,1-10H3. The van der Waals surface area contributed by atoms with Gasteiger partial charge in [0.2, 0.25) is 0 Å². The maximum Gasteiger partial charge on any atom is 0.0968 e. The number of benzene rings is 4. The molecule has 0 radical (unpaired) electrons. The molecule has 0 atom stereocenters. The Labute approximate surface area is 263 Å². The zero-order valence-electron chi connectivity index (χ0n) is 27.8. The lowest BCUT2D eigenvalue weighted by atomic mass is 9.96. The quantitative estimate of drug-likeness (QED) is 0.185. The molecule has 0 aliphatic rings. The van der Waals surface area contributed by atoms with Gasteiger partial charge in [0, 0.05) is 11.1 Å². The first-order valence-corrected chi connectivity index (χ1v) is 15.4. The van der Waals surface area contributed by atoms with E-state index < -0.39 is 0 Å². The van der Waals surface area contributed by atoms with Crippen molar-refractivity contribution < 1.29 is 0 Å². The predicted octanol–water partition coefficient (Wildman–Crippen LogP) is 10.5. The van der Waals surface area contributed by atoms with Gasteiger partial charge in [-0.2, -0.15) is 0 Å². The van der Waals surface area contributed by atoms with Crippen LogP contribution >= 0.6 is 0 Å². The molecule has 1 heterocycles. The van der Waals surface area contributed by atoms with E-state index in [0.29, 0.717) is 0 Å². The number of aromatic nitrogens is 1. The molecule has 0 fully saturated rings. The van der Waals surface area contributed by atoms with Crippen LogP contribution in [0.5, 0.6) is 0 Å². The van der Waals surface area contributed by atoms with Gasteiger partial charge in [-0.3, -0.25) is 0 Å². The third kappa shape index (κ3) is 6.48. The number of hydrogen-bond donors (Lipinski definition) is 0. The van der Waals surface area contributed by atoms with Crippen LogP contribution in [0, 0.1) is 69.2 Å². The third-order valence-electron chi connectivity index (χ3n) is 8.23. The molecule has 0 saturated carbocycles. The molecule has 5 rings (SSSR count). The minimum absolute atomic E-state index is 0.823. The summed E-state index contributed by atoms with van der Waals surface area (Å²) in [6, 6.07) is 28.1. The van der Waals surface area contributed by atoms with E-state index in [1.54, 1.807) is 0 Å². The molecule has 0 saturated heterocycles. The Bertz CT molecular complexity index is 1770. The smallest absolute Gasteiger partial charge is 0.0968 e. The van der Waals surface area contributed by atoms with Crippen molar-refractivity contribution >= 4 is 22.8 Å². The first-order valence-electron chi connectivity index (χ1n) is 15.4.